The van der Waals surface area contributed by atoms with Gasteiger partial charge in [-0.1, -0.05) is 6.07 Å². The topological polar surface area (TPSA) is 108 Å². The Morgan fingerprint density at radius 1 is 1.17 bits per heavy atom. The molecule has 0 fully saturated rings. The standard InChI is InChI=1S/C11H13N3O4/c1-7(15)13-8-3-2-4-9(5-8)14-11(18)12-6-10(16)17/h2-5H,6H2,1H3,(H,13,15)(H,16,17)(H2,12,14,18). The average molecular weight is 251 g/mol. The van der Waals surface area contributed by atoms with Crippen LogP contribution < -0.4 is 16.0 Å². The number of hydrogen-bond donors (Lipinski definition) is 4. The molecule has 0 aliphatic heterocycles. The molecule has 0 unspecified atom stereocenters. The van der Waals surface area contributed by atoms with Crippen LogP contribution in [0.5, 0.6) is 0 Å². The number of aliphatic carboxylic acids is 1. The first-order chi connectivity index (χ1) is 8.47. The summed E-state index contributed by atoms with van der Waals surface area (Å²) in [4.78, 5) is 32.4. The summed E-state index contributed by atoms with van der Waals surface area (Å²) >= 11 is 0. The number of carboxylic acid groups (broad SMARTS) is 1. The lowest BCUT2D eigenvalue weighted by Crippen LogP contribution is -2.33. The van der Waals surface area contributed by atoms with E-state index in [-0.39, 0.29) is 5.91 Å². The molecule has 0 aliphatic carbocycles. The van der Waals surface area contributed by atoms with E-state index in [1.807, 2.05) is 0 Å². The lowest BCUT2D eigenvalue weighted by Gasteiger charge is -2.08. The van der Waals surface area contributed by atoms with Gasteiger partial charge in [0.25, 0.3) is 0 Å². The number of anilines is 2. The fourth-order valence-electron chi connectivity index (χ4n) is 1.21. The van der Waals surface area contributed by atoms with Crippen molar-refractivity contribution in [2.75, 3.05) is 17.2 Å². The first-order valence-electron chi connectivity index (χ1n) is 5.11. The maximum Gasteiger partial charge on any atom is 0.323 e. The SMILES string of the molecule is CC(=O)Nc1cccc(NC(=O)NCC(=O)O)c1. The second kappa shape index (κ2) is 6.24. The highest BCUT2D eigenvalue weighted by Gasteiger charge is 2.04. The van der Waals surface area contributed by atoms with E-state index in [2.05, 4.69) is 16.0 Å². The molecule has 0 saturated heterocycles. The summed E-state index contributed by atoms with van der Waals surface area (Å²) in [5.41, 5.74) is 0.989. The van der Waals surface area contributed by atoms with Gasteiger partial charge in [0.15, 0.2) is 0 Å². The van der Waals surface area contributed by atoms with Gasteiger partial charge in [-0.05, 0) is 18.2 Å². The molecule has 0 aromatic heterocycles. The lowest BCUT2D eigenvalue weighted by atomic mass is 10.3. The molecule has 7 heteroatoms. The second-order valence-corrected chi connectivity index (χ2v) is 3.46. The van der Waals surface area contributed by atoms with Crippen molar-refractivity contribution in [1.82, 2.24) is 5.32 Å². The second-order valence-electron chi connectivity index (χ2n) is 3.46. The van der Waals surface area contributed by atoms with Crippen LogP contribution in [-0.2, 0) is 9.59 Å². The summed E-state index contributed by atoms with van der Waals surface area (Å²) in [5, 5.41) is 15.5. The van der Waals surface area contributed by atoms with Gasteiger partial charge in [0, 0.05) is 18.3 Å². The lowest BCUT2D eigenvalue weighted by molar-refractivity contribution is -0.135. The Labute approximate surface area is 103 Å². The number of carboxylic acids is 1. The first kappa shape index (κ1) is 13.5. The minimum atomic E-state index is -1.13. The Morgan fingerprint density at radius 2 is 1.78 bits per heavy atom. The first-order valence-corrected chi connectivity index (χ1v) is 5.11. The van der Waals surface area contributed by atoms with Gasteiger partial charge in [-0.25, -0.2) is 4.79 Å². The maximum atomic E-state index is 11.3. The summed E-state index contributed by atoms with van der Waals surface area (Å²) in [6.45, 7) is 0.914. The molecular weight excluding hydrogens is 238 g/mol. The van der Waals surface area contributed by atoms with Gasteiger partial charge in [0.2, 0.25) is 5.91 Å². The van der Waals surface area contributed by atoms with Crippen molar-refractivity contribution < 1.29 is 19.5 Å². The predicted octanol–water partition coefficient (Wildman–Crippen LogP) is 0.851. The van der Waals surface area contributed by atoms with E-state index < -0.39 is 18.5 Å². The summed E-state index contributed by atoms with van der Waals surface area (Å²) in [7, 11) is 0. The highest BCUT2D eigenvalue weighted by Crippen LogP contribution is 2.14. The Hall–Kier alpha value is -2.57. The zero-order valence-corrected chi connectivity index (χ0v) is 9.69. The van der Waals surface area contributed by atoms with Gasteiger partial charge in [-0.15, -0.1) is 0 Å². The van der Waals surface area contributed by atoms with Gasteiger partial charge in [0.05, 0.1) is 0 Å². The third-order valence-electron chi connectivity index (χ3n) is 1.84. The van der Waals surface area contributed by atoms with Crippen LogP contribution in [0.15, 0.2) is 24.3 Å². The number of urea groups is 1. The molecule has 1 rings (SSSR count). The molecule has 0 saturated carbocycles. The largest absolute Gasteiger partial charge is 0.480 e. The Morgan fingerprint density at radius 3 is 2.33 bits per heavy atom. The van der Waals surface area contributed by atoms with Crippen molar-refractivity contribution in [2.45, 2.75) is 6.92 Å². The van der Waals surface area contributed by atoms with Crippen LogP contribution in [0.2, 0.25) is 0 Å². The molecule has 0 bridgehead atoms. The molecule has 0 aliphatic rings. The van der Waals surface area contributed by atoms with Gasteiger partial charge >= 0.3 is 12.0 Å². The Bertz CT molecular complexity index is 473. The highest BCUT2D eigenvalue weighted by atomic mass is 16.4. The van der Waals surface area contributed by atoms with E-state index in [0.717, 1.165) is 0 Å². The van der Waals surface area contributed by atoms with Gasteiger partial charge in [-0.3, -0.25) is 9.59 Å². The monoisotopic (exact) mass is 251 g/mol. The molecule has 7 nitrogen and oxygen atoms in total. The van der Waals surface area contributed by atoms with Crippen LogP contribution >= 0.6 is 0 Å². The van der Waals surface area contributed by atoms with Gasteiger partial charge in [-0.2, -0.15) is 0 Å². The normalized spacial score (nSPS) is 9.39. The summed E-state index contributed by atoms with van der Waals surface area (Å²) < 4.78 is 0. The third-order valence-corrected chi connectivity index (χ3v) is 1.84. The van der Waals surface area contributed by atoms with E-state index in [1.165, 1.54) is 6.92 Å². The van der Waals surface area contributed by atoms with E-state index in [4.69, 9.17) is 5.11 Å². The molecule has 96 valence electrons. The van der Waals surface area contributed by atoms with Crippen molar-refractivity contribution in [2.24, 2.45) is 0 Å². The number of hydrogen-bond acceptors (Lipinski definition) is 3. The number of amides is 3. The van der Waals surface area contributed by atoms with Crippen LogP contribution in [0, 0.1) is 0 Å². The molecule has 0 spiro atoms. The highest BCUT2D eigenvalue weighted by molar-refractivity contribution is 5.93. The fraction of sp³-hybridized carbons (Fsp3) is 0.182. The van der Waals surface area contributed by atoms with Crippen LogP contribution in [0.3, 0.4) is 0 Å². The summed E-state index contributed by atoms with van der Waals surface area (Å²) in [6, 6.07) is 5.87. The van der Waals surface area contributed by atoms with E-state index in [1.54, 1.807) is 24.3 Å². The van der Waals surface area contributed by atoms with Crippen LogP contribution in [-0.4, -0.2) is 29.6 Å². The number of nitrogens with one attached hydrogen (secondary N) is 3. The molecule has 3 amide bonds. The molecule has 0 heterocycles. The van der Waals surface area contributed by atoms with Crippen molar-refractivity contribution in [1.29, 1.82) is 0 Å². The molecule has 0 radical (unpaired) electrons. The molecule has 18 heavy (non-hydrogen) atoms. The Kier molecular flexibility index (Phi) is 4.67. The minimum absolute atomic E-state index is 0.220. The molecular formula is C11H13N3O4. The maximum absolute atomic E-state index is 11.3. The molecule has 0 atom stereocenters. The number of benzene rings is 1. The summed E-state index contributed by atoms with van der Waals surface area (Å²) in [5.74, 6) is -1.35. The zero-order chi connectivity index (χ0) is 13.5. The van der Waals surface area contributed by atoms with Crippen LogP contribution in [0.1, 0.15) is 6.92 Å². The van der Waals surface area contributed by atoms with Crippen molar-refractivity contribution >= 4 is 29.3 Å². The van der Waals surface area contributed by atoms with Gasteiger partial charge in [0.1, 0.15) is 6.54 Å². The van der Waals surface area contributed by atoms with Gasteiger partial charge < -0.3 is 21.1 Å². The molecule has 1 aromatic rings. The van der Waals surface area contributed by atoms with Crippen LogP contribution in [0.25, 0.3) is 0 Å². The van der Waals surface area contributed by atoms with Crippen LogP contribution in [0.4, 0.5) is 16.2 Å². The molecule has 4 N–H and O–H groups in total. The number of carbonyl (C=O) groups is 3. The Balaban J connectivity index is 2.58. The fourth-order valence-corrected chi connectivity index (χ4v) is 1.21. The number of carbonyl (C=O) groups excluding carboxylic acids is 2. The van der Waals surface area contributed by atoms with E-state index >= 15 is 0 Å². The van der Waals surface area contributed by atoms with Crippen molar-refractivity contribution in [3.63, 3.8) is 0 Å². The predicted molar refractivity (Wildman–Crippen MR) is 65.4 cm³/mol. The molecule has 1 aromatic carbocycles. The number of rotatable bonds is 4. The summed E-state index contributed by atoms with van der Waals surface area (Å²) in [6.07, 6.45) is 0. The smallest absolute Gasteiger partial charge is 0.323 e. The minimum Gasteiger partial charge on any atom is -0.480 e. The van der Waals surface area contributed by atoms with Crippen molar-refractivity contribution in [3.05, 3.63) is 24.3 Å². The van der Waals surface area contributed by atoms with E-state index in [0.29, 0.717) is 11.4 Å². The quantitative estimate of drug-likeness (QED) is 0.636. The zero-order valence-electron chi connectivity index (χ0n) is 9.69. The van der Waals surface area contributed by atoms with E-state index in [9.17, 15) is 14.4 Å². The third kappa shape index (κ3) is 4.97. The average Bonchev–Trinajstić information content (AvgIpc) is 2.26. The van der Waals surface area contributed by atoms with Crippen molar-refractivity contribution in [3.8, 4) is 0 Å².